The third-order valence-electron chi connectivity index (χ3n) is 2.63. The van der Waals surface area contributed by atoms with Gasteiger partial charge in [-0.2, -0.15) is 4.39 Å². The van der Waals surface area contributed by atoms with Gasteiger partial charge in [-0.25, -0.2) is 13.8 Å². The quantitative estimate of drug-likeness (QED) is 0.859. The molecule has 1 aromatic carbocycles. The lowest BCUT2D eigenvalue weighted by Crippen LogP contribution is -2.10. The molecule has 2 rings (SSSR count). The Morgan fingerprint density at radius 3 is 2.38 bits per heavy atom. The van der Waals surface area contributed by atoms with Crippen LogP contribution in [0.25, 0.3) is 11.1 Å². The topological polar surface area (TPSA) is 50.2 Å². The first-order valence-corrected chi connectivity index (χ1v) is 6.27. The highest BCUT2D eigenvalue weighted by Crippen LogP contribution is 2.33. The van der Waals surface area contributed by atoms with Crippen molar-refractivity contribution in [1.82, 2.24) is 4.98 Å². The smallest absolute Gasteiger partial charge is 0.309 e. The normalized spacial score (nSPS) is 10.7. The molecule has 0 atom stereocenters. The summed E-state index contributed by atoms with van der Waals surface area (Å²) >= 11 is 11.4. The summed E-state index contributed by atoms with van der Waals surface area (Å²) in [5.41, 5.74) is -1.52. The summed E-state index contributed by atoms with van der Waals surface area (Å²) < 4.78 is 41.4. The monoisotopic (exact) mass is 335 g/mol. The lowest BCUT2D eigenvalue weighted by molar-refractivity contribution is -0.136. The molecule has 0 bridgehead atoms. The van der Waals surface area contributed by atoms with Gasteiger partial charge in [0.1, 0.15) is 0 Å². The largest absolute Gasteiger partial charge is 0.481 e. The summed E-state index contributed by atoms with van der Waals surface area (Å²) in [5, 5.41) is 8.80. The molecule has 0 saturated carbocycles. The van der Waals surface area contributed by atoms with Gasteiger partial charge in [-0.05, 0) is 17.7 Å². The van der Waals surface area contributed by atoms with Crippen molar-refractivity contribution in [2.45, 2.75) is 6.42 Å². The van der Waals surface area contributed by atoms with Crippen LogP contribution in [0.2, 0.25) is 10.0 Å². The first-order chi connectivity index (χ1) is 9.81. The minimum Gasteiger partial charge on any atom is -0.481 e. The molecule has 8 heteroatoms. The van der Waals surface area contributed by atoms with Crippen molar-refractivity contribution >= 4 is 29.2 Å². The molecule has 21 heavy (non-hydrogen) atoms. The molecule has 1 heterocycles. The van der Waals surface area contributed by atoms with Gasteiger partial charge in [0.15, 0.2) is 11.6 Å². The average molecular weight is 336 g/mol. The molecule has 1 aromatic heterocycles. The summed E-state index contributed by atoms with van der Waals surface area (Å²) in [6.07, 6.45) is -0.878. The summed E-state index contributed by atoms with van der Waals surface area (Å²) in [7, 11) is 0. The highest BCUT2D eigenvalue weighted by molar-refractivity contribution is 6.42. The van der Waals surface area contributed by atoms with Crippen LogP contribution in [-0.2, 0) is 11.2 Å². The molecule has 0 aliphatic rings. The fourth-order valence-corrected chi connectivity index (χ4v) is 2.02. The number of carbonyl (C=O) groups is 1. The van der Waals surface area contributed by atoms with E-state index in [2.05, 4.69) is 4.98 Å². The van der Waals surface area contributed by atoms with Crippen molar-refractivity contribution in [3.63, 3.8) is 0 Å². The van der Waals surface area contributed by atoms with E-state index in [-0.39, 0.29) is 15.6 Å². The van der Waals surface area contributed by atoms with Crippen LogP contribution in [-0.4, -0.2) is 16.1 Å². The molecule has 0 fully saturated rings. The number of benzene rings is 1. The first-order valence-electron chi connectivity index (χ1n) is 5.51. The molecule has 0 saturated heterocycles. The number of hydrogen-bond acceptors (Lipinski definition) is 2. The van der Waals surface area contributed by atoms with Gasteiger partial charge in [0.2, 0.25) is 5.95 Å². The molecule has 3 nitrogen and oxygen atoms in total. The SMILES string of the molecule is O=C(O)Cc1nc(F)c(F)c(-c2ccc(Cl)c(Cl)c2)c1F. The third-order valence-corrected chi connectivity index (χ3v) is 3.37. The predicted octanol–water partition coefficient (Wildman–Crippen LogP) is 4.10. The number of rotatable bonds is 3. The Balaban J connectivity index is 2.69. The number of carboxylic acids is 1. The number of nitrogens with zero attached hydrogens (tertiary/aromatic N) is 1. The van der Waals surface area contributed by atoms with Crippen molar-refractivity contribution in [2.24, 2.45) is 0 Å². The Bertz CT molecular complexity index is 738. The van der Waals surface area contributed by atoms with Gasteiger partial charge in [-0.1, -0.05) is 29.3 Å². The summed E-state index contributed by atoms with van der Waals surface area (Å²) in [6.45, 7) is 0. The van der Waals surface area contributed by atoms with Crippen LogP contribution >= 0.6 is 23.2 Å². The molecule has 0 aliphatic carbocycles. The second-order valence-corrected chi connectivity index (χ2v) is 4.87. The van der Waals surface area contributed by atoms with Gasteiger partial charge in [0.25, 0.3) is 0 Å². The Morgan fingerprint density at radius 1 is 1.14 bits per heavy atom. The molecule has 0 aliphatic heterocycles. The van der Waals surface area contributed by atoms with Crippen LogP contribution in [0, 0.1) is 17.6 Å². The number of carboxylic acid groups (broad SMARTS) is 1. The van der Waals surface area contributed by atoms with Crippen molar-refractivity contribution in [3.05, 3.63) is 51.5 Å². The molecule has 1 N–H and O–H groups in total. The van der Waals surface area contributed by atoms with Crippen molar-refractivity contribution in [3.8, 4) is 11.1 Å². The highest BCUT2D eigenvalue weighted by atomic mass is 35.5. The number of pyridine rings is 1. The molecule has 110 valence electrons. The maximum atomic E-state index is 14.2. The average Bonchev–Trinajstić information content (AvgIpc) is 2.40. The highest BCUT2D eigenvalue weighted by Gasteiger charge is 2.23. The summed E-state index contributed by atoms with van der Waals surface area (Å²) in [4.78, 5) is 13.6. The van der Waals surface area contributed by atoms with Crippen LogP contribution in [0.5, 0.6) is 0 Å². The third kappa shape index (κ3) is 3.11. The molecule has 0 amide bonds. The zero-order valence-corrected chi connectivity index (χ0v) is 11.6. The molecule has 0 radical (unpaired) electrons. The maximum absolute atomic E-state index is 14.2. The molecule has 0 spiro atoms. The van der Waals surface area contributed by atoms with E-state index >= 15 is 0 Å². The molecular weight excluding hydrogens is 330 g/mol. The van der Waals surface area contributed by atoms with Crippen LogP contribution in [0.15, 0.2) is 18.2 Å². The fraction of sp³-hybridized carbons (Fsp3) is 0.0769. The fourth-order valence-electron chi connectivity index (χ4n) is 1.73. The molecular formula is C13H6Cl2F3NO2. The second-order valence-electron chi connectivity index (χ2n) is 4.05. The van der Waals surface area contributed by atoms with E-state index in [4.69, 9.17) is 28.3 Å². The Labute approximate surface area is 126 Å². The van der Waals surface area contributed by atoms with Crippen molar-refractivity contribution in [2.75, 3.05) is 0 Å². The van der Waals surface area contributed by atoms with Crippen LogP contribution < -0.4 is 0 Å². The Morgan fingerprint density at radius 2 is 1.81 bits per heavy atom. The van der Waals surface area contributed by atoms with Gasteiger partial charge in [0, 0.05) is 0 Å². The lowest BCUT2D eigenvalue weighted by atomic mass is 10.0. The van der Waals surface area contributed by atoms with E-state index in [0.717, 1.165) is 6.07 Å². The van der Waals surface area contributed by atoms with E-state index in [1.165, 1.54) is 12.1 Å². The predicted molar refractivity (Wildman–Crippen MR) is 70.9 cm³/mol. The van der Waals surface area contributed by atoms with E-state index in [0.29, 0.717) is 0 Å². The van der Waals surface area contributed by atoms with Crippen molar-refractivity contribution < 1.29 is 23.1 Å². The Hall–Kier alpha value is -1.79. The first kappa shape index (κ1) is 15.6. The van der Waals surface area contributed by atoms with Gasteiger partial charge in [-0.3, -0.25) is 4.79 Å². The summed E-state index contributed by atoms with van der Waals surface area (Å²) in [6, 6.07) is 3.67. The number of aromatic nitrogens is 1. The number of hydrogen-bond donors (Lipinski definition) is 1. The van der Waals surface area contributed by atoms with Gasteiger partial charge >= 0.3 is 5.97 Å². The van der Waals surface area contributed by atoms with Crippen LogP contribution in [0.4, 0.5) is 13.2 Å². The van der Waals surface area contributed by atoms with Gasteiger partial charge < -0.3 is 5.11 Å². The Kier molecular flexibility index (Phi) is 4.39. The van der Waals surface area contributed by atoms with Gasteiger partial charge in [0.05, 0.1) is 27.7 Å². The zero-order valence-electron chi connectivity index (χ0n) is 10.1. The lowest BCUT2D eigenvalue weighted by Gasteiger charge is -2.10. The van der Waals surface area contributed by atoms with E-state index in [9.17, 15) is 18.0 Å². The van der Waals surface area contributed by atoms with E-state index in [1.54, 1.807) is 0 Å². The zero-order chi connectivity index (χ0) is 15.7. The van der Waals surface area contributed by atoms with Crippen LogP contribution in [0.3, 0.4) is 0 Å². The maximum Gasteiger partial charge on any atom is 0.309 e. The van der Waals surface area contributed by atoms with Crippen molar-refractivity contribution in [1.29, 1.82) is 0 Å². The van der Waals surface area contributed by atoms with Crippen LogP contribution in [0.1, 0.15) is 5.69 Å². The van der Waals surface area contributed by atoms with E-state index in [1.807, 2.05) is 0 Å². The number of halogens is 5. The van der Waals surface area contributed by atoms with Gasteiger partial charge in [-0.15, -0.1) is 0 Å². The standard InChI is InChI=1S/C13H6Cl2F3NO2/c14-6-2-1-5(3-7(6)15)10-11(16)8(4-9(20)21)19-13(18)12(10)17/h1-3H,4H2,(H,20,21). The minimum absolute atomic E-state index is 0.0185. The molecule has 0 unspecified atom stereocenters. The summed E-state index contributed by atoms with van der Waals surface area (Å²) in [5.74, 6) is -5.80. The second kappa shape index (κ2) is 5.91. The number of aliphatic carboxylic acids is 1. The minimum atomic E-state index is -1.59. The molecule has 2 aromatic rings. The van der Waals surface area contributed by atoms with E-state index < -0.39 is 41.2 Å².